The van der Waals surface area contributed by atoms with Crippen molar-refractivity contribution in [3.8, 4) is 0 Å². The summed E-state index contributed by atoms with van der Waals surface area (Å²) in [5.41, 5.74) is 0. The number of carbonyl (C=O) groups is 2. The van der Waals surface area contributed by atoms with Gasteiger partial charge >= 0.3 is 12.0 Å². The molecular weight excluding hydrogens is 250 g/mol. The highest BCUT2D eigenvalue weighted by Crippen LogP contribution is 2.15. The molecule has 0 aromatic heterocycles. The third kappa shape index (κ3) is 5.04. The fourth-order valence-electron chi connectivity index (χ4n) is 2.32. The lowest BCUT2D eigenvalue weighted by atomic mass is 9.94. The Hall–Kier alpha value is -1.34. The van der Waals surface area contributed by atoms with E-state index in [0.717, 1.165) is 19.5 Å². The zero-order valence-electron chi connectivity index (χ0n) is 11.4. The van der Waals surface area contributed by atoms with Gasteiger partial charge in [-0.15, -0.1) is 0 Å². The number of nitrogens with zero attached hydrogens (tertiary/aromatic N) is 1. The topological polar surface area (TPSA) is 102 Å². The van der Waals surface area contributed by atoms with Gasteiger partial charge in [-0.3, -0.25) is 0 Å². The Bertz CT molecular complexity index is 324. The second-order valence-corrected chi connectivity index (χ2v) is 5.16. The molecular formula is C12H23N3O4. The van der Waals surface area contributed by atoms with Crippen LogP contribution in [0.25, 0.3) is 0 Å². The summed E-state index contributed by atoms with van der Waals surface area (Å²) in [6, 6.07) is -1.48. The number of carboxylic acids is 1. The summed E-state index contributed by atoms with van der Waals surface area (Å²) >= 11 is 0. The molecule has 1 aliphatic heterocycles. The predicted octanol–water partition coefficient (Wildman–Crippen LogP) is -0.539. The molecule has 0 bridgehead atoms. The molecule has 0 aliphatic carbocycles. The molecule has 0 spiro atoms. The highest BCUT2D eigenvalue weighted by molar-refractivity contribution is 5.82. The first-order valence-electron chi connectivity index (χ1n) is 6.53. The van der Waals surface area contributed by atoms with Crippen LogP contribution in [0.2, 0.25) is 0 Å². The van der Waals surface area contributed by atoms with Crippen LogP contribution in [0.4, 0.5) is 4.79 Å². The largest absolute Gasteiger partial charge is 0.480 e. The lowest BCUT2D eigenvalue weighted by molar-refractivity contribution is -0.139. The SMILES string of the molecule is CC1CN(C)CCC1NC(=O)N[C@H](CCO)C(=O)O. The highest BCUT2D eigenvalue weighted by atomic mass is 16.4. The Balaban J connectivity index is 2.43. The molecule has 0 radical (unpaired) electrons. The third-order valence-electron chi connectivity index (χ3n) is 3.45. The lowest BCUT2D eigenvalue weighted by Crippen LogP contribution is -2.54. The van der Waals surface area contributed by atoms with E-state index in [-0.39, 0.29) is 19.1 Å². The number of aliphatic carboxylic acids is 1. The Morgan fingerprint density at radius 1 is 1.47 bits per heavy atom. The molecule has 1 fully saturated rings. The van der Waals surface area contributed by atoms with Crippen molar-refractivity contribution in [1.82, 2.24) is 15.5 Å². The number of hydrogen-bond donors (Lipinski definition) is 4. The van der Waals surface area contributed by atoms with E-state index in [2.05, 4.69) is 22.5 Å². The van der Waals surface area contributed by atoms with Gasteiger partial charge < -0.3 is 25.7 Å². The number of amides is 2. The summed E-state index contributed by atoms with van der Waals surface area (Å²) < 4.78 is 0. The van der Waals surface area contributed by atoms with Crippen LogP contribution in [0.15, 0.2) is 0 Å². The molecule has 4 N–H and O–H groups in total. The first-order valence-corrected chi connectivity index (χ1v) is 6.53. The van der Waals surface area contributed by atoms with Gasteiger partial charge in [-0.05, 0) is 25.9 Å². The van der Waals surface area contributed by atoms with Gasteiger partial charge in [0.25, 0.3) is 0 Å². The van der Waals surface area contributed by atoms with Gasteiger partial charge in [0.05, 0.1) is 0 Å². The predicted molar refractivity (Wildman–Crippen MR) is 69.9 cm³/mol. The van der Waals surface area contributed by atoms with E-state index in [4.69, 9.17) is 10.2 Å². The van der Waals surface area contributed by atoms with Gasteiger partial charge in [0.1, 0.15) is 6.04 Å². The van der Waals surface area contributed by atoms with E-state index in [0.29, 0.717) is 5.92 Å². The Morgan fingerprint density at radius 3 is 2.68 bits per heavy atom. The first-order chi connectivity index (χ1) is 8.93. The van der Waals surface area contributed by atoms with Crippen LogP contribution in [-0.4, -0.2) is 65.9 Å². The van der Waals surface area contributed by atoms with Gasteiger partial charge in [0.15, 0.2) is 0 Å². The van der Waals surface area contributed by atoms with E-state index >= 15 is 0 Å². The zero-order chi connectivity index (χ0) is 14.4. The van der Waals surface area contributed by atoms with Crippen molar-refractivity contribution >= 4 is 12.0 Å². The maximum atomic E-state index is 11.7. The molecule has 7 heteroatoms. The second-order valence-electron chi connectivity index (χ2n) is 5.16. The number of carbonyl (C=O) groups excluding carboxylic acids is 1. The molecule has 0 aromatic rings. The number of piperidine rings is 1. The number of rotatable bonds is 5. The van der Waals surface area contributed by atoms with Crippen molar-refractivity contribution in [2.45, 2.75) is 31.8 Å². The van der Waals surface area contributed by atoms with E-state index in [1.54, 1.807) is 0 Å². The fraction of sp³-hybridized carbons (Fsp3) is 0.833. The van der Waals surface area contributed by atoms with Crippen LogP contribution in [0.1, 0.15) is 19.8 Å². The van der Waals surface area contributed by atoms with Crippen molar-refractivity contribution in [1.29, 1.82) is 0 Å². The lowest BCUT2D eigenvalue weighted by Gasteiger charge is -2.35. The maximum Gasteiger partial charge on any atom is 0.326 e. The maximum absolute atomic E-state index is 11.7. The first kappa shape index (κ1) is 15.7. The number of aliphatic hydroxyl groups excluding tert-OH is 1. The van der Waals surface area contributed by atoms with Gasteiger partial charge in [-0.2, -0.15) is 0 Å². The van der Waals surface area contributed by atoms with E-state index in [1.165, 1.54) is 0 Å². The highest BCUT2D eigenvalue weighted by Gasteiger charge is 2.27. The van der Waals surface area contributed by atoms with Crippen molar-refractivity contribution in [2.24, 2.45) is 5.92 Å². The van der Waals surface area contributed by atoms with E-state index < -0.39 is 18.0 Å². The Morgan fingerprint density at radius 2 is 2.16 bits per heavy atom. The molecule has 1 rings (SSSR count). The number of urea groups is 1. The molecule has 0 aromatic carbocycles. The molecule has 110 valence electrons. The quantitative estimate of drug-likeness (QED) is 0.539. The minimum Gasteiger partial charge on any atom is -0.480 e. The molecule has 7 nitrogen and oxygen atoms in total. The summed E-state index contributed by atoms with van der Waals surface area (Å²) in [6.07, 6.45) is 0.856. The van der Waals surface area contributed by atoms with E-state index in [9.17, 15) is 9.59 Å². The third-order valence-corrected chi connectivity index (χ3v) is 3.45. The summed E-state index contributed by atoms with van der Waals surface area (Å²) in [5.74, 6) is -0.814. The van der Waals surface area contributed by atoms with Crippen LogP contribution < -0.4 is 10.6 Å². The molecule has 1 heterocycles. The van der Waals surface area contributed by atoms with E-state index in [1.807, 2.05) is 7.05 Å². The van der Waals surface area contributed by atoms with Crippen LogP contribution in [0.3, 0.4) is 0 Å². The van der Waals surface area contributed by atoms with Crippen LogP contribution in [0.5, 0.6) is 0 Å². The van der Waals surface area contributed by atoms with Gasteiger partial charge in [-0.1, -0.05) is 6.92 Å². The second kappa shape index (κ2) is 7.30. The Kier molecular flexibility index (Phi) is 6.04. The molecule has 3 atom stereocenters. The smallest absolute Gasteiger partial charge is 0.326 e. The summed E-state index contributed by atoms with van der Waals surface area (Å²) in [7, 11) is 2.04. The van der Waals surface area contributed by atoms with Gasteiger partial charge in [0.2, 0.25) is 0 Å². The molecule has 2 unspecified atom stereocenters. The summed E-state index contributed by atoms with van der Waals surface area (Å²) in [5, 5.41) is 22.8. The summed E-state index contributed by atoms with van der Waals surface area (Å²) in [6.45, 7) is 3.60. The molecule has 0 saturated carbocycles. The fourth-order valence-corrected chi connectivity index (χ4v) is 2.32. The minimum atomic E-state index is -1.14. The molecule has 2 amide bonds. The number of nitrogens with one attached hydrogen (secondary N) is 2. The Labute approximate surface area is 113 Å². The van der Waals surface area contributed by atoms with Crippen LogP contribution >= 0.6 is 0 Å². The van der Waals surface area contributed by atoms with Gasteiger partial charge in [-0.25, -0.2) is 9.59 Å². The van der Waals surface area contributed by atoms with Gasteiger partial charge in [0, 0.05) is 25.6 Å². The monoisotopic (exact) mass is 273 g/mol. The van der Waals surface area contributed by atoms with Crippen LogP contribution in [0, 0.1) is 5.92 Å². The average Bonchev–Trinajstić information content (AvgIpc) is 2.32. The number of carboxylic acid groups (broad SMARTS) is 1. The number of likely N-dealkylation sites (tertiary alicyclic amines) is 1. The number of aliphatic hydroxyl groups is 1. The average molecular weight is 273 g/mol. The molecule has 1 saturated heterocycles. The number of hydrogen-bond acceptors (Lipinski definition) is 4. The van der Waals surface area contributed by atoms with Crippen LogP contribution in [-0.2, 0) is 4.79 Å². The zero-order valence-corrected chi connectivity index (χ0v) is 11.4. The molecule has 19 heavy (non-hydrogen) atoms. The standard InChI is InChI=1S/C12H23N3O4/c1-8-7-15(2)5-3-9(8)13-12(19)14-10(4-6-16)11(17)18/h8-10,16H,3-7H2,1-2H3,(H,17,18)(H2,13,14,19)/t8?,9?,10-/m1/s1. The van der Waals surface area contributed by atoms with Crippen molar-refractivity contribution in [2.75, 3.05) is 26.7 Å². The minimum absolute atomic E-state index is 0.00567. The molecule has 1 aliphatic rings. The normalized spacial score (nSPS) is 25.6. The van der Waals surface area contributed by atoms with Crippen molar-refractivity contribution in [3.63, 3.8) is 0 Å². The van der Waals surface area contributed by atoms with Crippen molar-refractivity contribution < 1.29 is 19.8 Å². The van der Waals surface area contributed by atoms with Crippen molar-refractivity contribution in [3.05, 3.63) is 0 Å². The summed E-state index contributed by atoms with van der Waals surface area (Å²) in [4.78, 5) is 24.8.